The molecule has 5 heteroatoms. The van der Waals surface area contributed by atoms with Crippen molar-refractivity contribution in [2.24, 2.45) is 5.73 Å². The molecule has 1 atom stereocenters. The molecule has 0 aliphatic rings. The number of nitrogens with two attached hydrogens (primary N) is 1. The van der Waals surface area contributed by atoms with Gasteiger partial charge in [0.25, 0.3) is 5.91 Å². The zero-order valence-electron chi connectivity index (χ0n) is 12.3. The molecule has 1 heterocycles. The number of carbonyl (C=O) groups excluding carboxylic acids is 1. The molecule has 0 saturated carbocycles. The quantitative estimate of drug-likeness (QED) is 0.892. The first-order valence-electron chi connectivity index (χ1n) is 6.73. The standard InChI is InChI=1S/C16H20N2O2.ClH/c1-11-5-3-4-6-13(11)7-12(2)18-16(19)14-8-15(9-17)20-10-14;/h3-6,8,10,12H,7,9,17H2,1-2H3,(H,18,19);1H. The first-order valence-corrected chi connectivity index (χ1v) is 6.73. The van der Waals surface area contributed by atoms with Crippen molar-refractivity contribution in [1.82, 2.24) is 5.32 Å². The molecule has 1 aromatic carbocycles. The SMILES string of the molecule is Cc1ccccc1CC(C)NC(=O)c1coc(CN)c1.Cl. The highest BCUT2D eigenvalue weighted by Crippen LogP contribution is 2.11. The number of carbonyl (C=O) groups is 1. The Labute approximate surface area is 131 Å². The summed E-state index contributed by atoms with van der Waals surface area (Å²) < 4.78 is 5.17. The molecule has 0 radical (unpaired) electrons. The van der Waals surface area contributed by atoms with E-state index in [0.29, 0.717) is 17.9 Å². The van der Waals surface area contributed by atoms with E-state index < -0.39 is 0 Å². The third-order valence-corrected chi connectivity index (χ3v) is 3.28. The van der Waals surface area contributed by atoms with Gasteiger partial charge in [-0.2, -0.15) is 0 Å². The van der Waals surface area contributed by atoms with Crippen molar-refractivity contribution in [2.45, 2.75) is 32.9 Å². The molecule has 0 spiro atoms. The van der Waals surface area contributed by atoms with Crippen molar-refractivity contribution in [1.29, 1.82) is 0 Å². The molecule has 1 unspecified atom stereocenters. The summed E-state index contributed by atoms with van der Waals surface area (Å²) in [7, 11) is 0. The lowest BCUT2D eigenvalue weighted by molar-refractivity contribution is 0.0939. The van der Waals surface area contributed by atoms with E-state index in [1.54, 1.807) is 6.07 Å². The predicted octanol–water partition coefficient (Wildman–Crippen LogP) is 2.83. The summed E-state index contributed by atoms with van der Waals surface area (Å²) in [6.45, 7) is 4.37. The van der Waals surface area contributed by atoms with E-state index in [4.69, 9.17) is 10.2 Å². The second-order valence-corrected chi connectivity index (χ2v) is 5.01. The fourth-order valence-electron chi connectivity index (χ4n) is 2.13. The number of rotatable bonds is 5. The van der Waals surface area contributed by atoms with Crippen LogP contribution in [-0.4, -0.2) is 11.9 Å². The van der Waals surface area contributed by atoms with Crippen LogP contribution in [-0.2, 0) is 13.0 Å². The lowest BCUT2D eigenvalue weighted by Gasteiger charge is -2.14. The fraction of sp³-hybridized carbons (Fsp3) is 0.312. The Morgan fingerprint density at radius 1 is 1.38 bits per heavy atom. The smallest absolute Gasteiger partial charge is 0.254 e. The average molecular weight is 309 g/mol. The summed E-state index contributed by atoms with van der Waals surface area (Å²) >= 11 is 0. The van der Waals surface area contributed by atoms with Crippen molar-refractivity contribution >= 4 is 18.3 Å². The molecule has 2 aromatic rings. The zero-order chi connectivity index (χ0) is 14.5. The first-order chi connectivity index (χ1) is 9.60. The number of hydrogen-bond acceptors (Lipinski definition) is 3. The van der Waals surface area contributed by atoms with Crippen LogP contribution in [0.3, 0.4) is 0 Å². The van der Waals surface area contributed by atoms with E-state index in [2.05, 4.69) is 24.4 Å². The van der Waals surface area contributed by atoms with Crippen LogP contribution < -0.4 is 11.1 Å². The lowest BCUT2D eigenvalue weighted by atomic mass is 10.0. The van der Waals surface area contributed by atoms with E-state index in [1.807, 2.05) is 19.1 Å². The number of amides is 1. The summed E-state index contributed by atoms with van der Waals surface area (Å²) in [4.78, 5) is 12.0. The average Bonchev–Trinajstić information content (AvgIpc) is 2.90. The number of benzene rings is 1. The van der Waals surface area contributed by atoms with Gasteiger partial charge in [0, 0.05) is 6.04 Å². The summed E-state index contributed by atoms with van der Waals surface area (Å²) in [6, 6.07) is 9.92. The molecule has 2 rings (SSSR count). The molecule has 0 saturated heterocycles. The molecule has 0 aliphatic carbocycles. The van der Waals surface area contributed by atoms with Gasteiger partial charge in [-0.15, -0.1) is 12.4 Å². The third kappa shape index (κ3) is 4.62. The summed E-state index contributed by atoms with van der Waals surface area (Å²) in [5, 5.41) is 2.97. The van der Waals surface area contributed by atoms with Gasteiger partial charge in [0.2, 0.25) is 0 Å². The van der Waals surface area contributed by atoms with Crippen LogP contribution >= 0.6 is 12.4 Å². The van der Waals surface area contributed by atoms with Gasteiger partial charge in [-0.1, -0.05) is 24.3 Å². The minimum atomic E-state index is -0.130. The Morgan fingerprint density at radius 2 is 2.10 bits per heavy atom. The first kappa shape index (κ1) is 17.3. The van der Waals surface area contributed by atoms with Gasteiger partial charge in [0.15, 0.2) is 0 Å². The second-order valence-electron chi connectivity index (χ2n) is 5.01. The highest BCUT2D eigenvalue weighted by Gasteiger charge is 2.13. The van der Waals surface area contributed by atoms with E-state index in [9.17, 15) is 4.79 Å². The van der Waals surface area contributed by atoms with Crippen LogP contribution in [0, 0.1) is 6.92 Å². The van der Waals surface area contributed by atoms with Crippen molar-refractivity contribution in [3.63, 3.8) is 0 Å². The van der Waals surface area contributed by atoms with Gasteiger partial charge in [-0.3, -0.25) is 4.79 Å². The minimum absolute atomic E-state index is 0. The zero-order valence-corrected chi connectivity index (χ0v) is 13.1. The Balaban J connectivity index is 0.00000220. The maximum absolute atomic E-state index is 12.0. The Kier molecular flexibility index (Phi) is 6.46. The maximum Gasteiger partial charge on any atom is 0.254 e. The summed E-state index contributed by atoms with van der Waals surface area (Å²) in [5.41, 5.74) is 8.46. The Morgan fingerprint density at radius 3 is 2.71 bits per heavy atom. The van der Waals surface area contributed by atoms with Gasteiger partial charge in [-0.05, 0) is 37.5 Å². The van der Waals surface area contributed by atoms with Crippen LogP contribution in [0.4, 0.5) is 0 Å². The molecular weight excluding hydrogens is 288 g/mol. The monoisotopic (exact) mass is 308 g/mol. The van der Waals surface area contributed by atoms with E-state index in [-0.39, 0.29) is 24.4 Å². The third-order valence-electron chi connectivity index (χ3n) is 3.28. The minimum Gasteiger partial charge on any atom is -0.467 e. The molecule has 0 bridgehead atoms. The predicted molar refractivity (Wildman–Crippen MR) is 85.7 cm³/mol. The van der Waals surface area contributed by atoms with Crippen LogP contribution in [0.15, 0.2) is 41.0 Å². The van der Waals surface area contributed by atoms with Crippen LogP contribution in [0.5, 0.6) is 0 Å². The molecule has 0 fully saturated rings. The van der Waals surface area contributed by atoms with Gasteiger partial charge in [0.05, 0.1) is 12.1 Å². The second kappa shape index (κ2) is 7.86. The highest BCUT2D eigenvalue weighted by molar-refractivity contribution is 5.94. The van der Waals surface area contributed by atoms with Crippen molar-refractivity contribution in [3.05, 3.63) is 59.0 Å². The highest BCUT2D eigenvalue weighted by atomic mass is 35.5. The lowest BCUT2D eigenvalue weighted by Crippen LogP contribution is -2.34. The Hall–Kier alpha value is -1.78. The number of furan rings is 1. The molecule has 1 amide bonds. The number of nitrogens with one attached hydrogen (secondary N) is 1. The normalized spacial score (nSPS) is 11.6. The fourth-order valence-corrected chi connectivity index (χ4v) is 2.13. The largest absolute Gasteiger partial charge is 0.467 e. The molecule has 21 heavy (non-hydrogen) atoms. The number of aryl methyl sites for hydroxylation is 1. The van der Waals surface area contributed by atoms with Crippen molar-refractivity contribution in [3.8, 4) is 0 Å². The van der Waals surface area contributed by atoms with E-state index >= 15 is 0 Å². The van der Waals surface area contributed by atoms with E-state index in [1.165, 1.54) is 17.4 Å². The Bertz CT molecular complexity index is 595. The van der Waals surface area contributed by atoms with Crippen LogP contribution in [0.1, 0.15) is 34.2 Å². The molecule has 3 N–H and O–H groups in total. The maximum atomic E-state index is 12.0. The van der Waals surface area contributed by atoms with Gasteiger partial charge < -0.3 is 15.5 Å². The van der Waals surface area contributed by atoms with Gasteiger partial charge in [-0.25, -0.2) is 0 Å². The number of halogens is 1. The van der Waals surface area contributed by atoms with Crippen LogP contribution in [0.2, 0.25) is 0 Å². The summed E-state index contributed by atoms with van der Waals surface area (Å²) in [5.74, 6) is 0.483. The van der Waals surface area contributed by atoms with Gasteiger partial charge >= 0.3 is 0 Å². The topological polar surface area (TPSA) is 68.3 Å². The van der Waals surface area contributed by atoms with Gasteiger partial charge in [0.1, 0.15) is 12.0 Å². The molecule has 1 aromatic heterocycles. The molecular formula is C16H21ClN2O2. The molecule has 114 valence electrons. The number of hydrogen-bond donors (Lipinski definition) is 2. The van der Waals surface area contributed by atoms with Crippen molar-refractivity contribution in [2.75, 3.05) is 0 Å². The molecule has 4 nitrogen and oxygen atoms in total. The van der Waals surface area contributed by atoms with Crippen LogP contribution in [0.25, 0.3) is 0 Å². The van der Waals surface area contributed by atoms with Crippen molar-refractivity contribution < 1.29 is 9.21 Å². The summed E-state index contributed by atoms with van der Waals surface area (Å²) in [6.07, 6.45) is 2.25. The molecule has 0 aliphatic heterocycles. The van der Waals surface area contributed by atoms with E-state index in [0.717, 1.165) is 6.42 Å².